The van der Waals surface area contributed by atoms with Crippen molar-refractivity contribution in [2.24, 2.45) is 9.98 Å². The monoisotopic (exact) mass is 542 g/mol. The Morgan fingerprint density at radius 3 is 1.92 bits per heavy atom. The summed E-state index contributed by atoms with van der Waals surface area (Å²) < 4.78 is 0. The van der Waals surface area contributed by atoms with Crippen LogP contribution in [0.15, 0.2) is 52.4 Å². The molecule has 0 saturated carbocycles. The predicted octanol–water partition coefficient (Wildman–Crippen LogP) is 10.2. The van der Waals surface area contributed by atoms with Crippen molar-refractivity contribution in [3.63, 3.8) is 0 Å². The zero-order chi connectivity index (χ0) is 26.0. The molecule has 2 nitrogen and oxygen atoms in total. The van der Waals surface area contributed by atoms with Crippen LogP contribution in [0.3, 0.4) is 0 Å². The van der Waals surface area contributed by atoms with Crippen molar-refractivity contribution in [2.45, 2.75) is 118 Å². The Kier molecular flexibility index (Phi) is 17.7. The molecular weight excluding hydrogens is 495 g/mol. The Hall–Kier alpha value is -2.17. The van der Waals surface area contributed by atoms with Gasteiger partial charge in [0.15, 0.2) is 0 Å². The molecule has 0 atom stereocenters. The summed E-state index contributed by atoms with van der Waals surface area (Å²) in [6, 6.07) is 15.5. The standard InChI is InChI=1S/C34H48N2.Ni/c1-6-11-15-19-28-25-29(20-16-12-7-2)27-31(26-28)35-32(10-5)34(23-14-9-4)36-33-24-18-17-22-30(33)21-13-8-3;/h3,17-18,22,24-27H,6-7,9-16,19-21,23H2,1-2,4-5H3;/b35-32+,36-34+;. The summed E-state index contributed by atoms with van der Waals surface area (Å²) >= 11 is 0. The Labute approximate surface area is 237 Å². The van der Waals surface area contributed by atoms with E-state index >= 15 is 0 Å². The summed E-state index contributed by atoms with van der Waals surface area (Å²) in [7, 11) is 0. The molecule has 2 aromatic carbocycles. The Balaban J connectivity index is 0.00000684. The van der Waals surface area contributed by atoms with E-state index in [2.05, 4.69) is 76.1 Å². The first-order valence-electron chi connectivity index (χ1n) is 14.4. The van der Waals surface area contributed by atoms with Crippen molar-refractivity contribution in [3.8, 4) is 12.3 Å². The zero-order valence-corrected chi connectivity index (χ0v) is 24.7. The van der Waals surface area contributed by atoms with Crippen molar-refractivity contribution in [1.29, 1.82) is 0 Å². The van der Waals surface area contributed by atoms with Gasteiger partial charge in [0.25, 0.3) is 0 Å². The van der Waals surface area contributed by atoms with Crippen LogP contribution >= 0.6 is 0 Å². The van der Waals surface area contributed by atoms with E-state index in [1.54, 1.807) is 0 Å². The molecule has 2 rings (SSSR count). The quantitative estimate of drug-likeness (QED) is 0.0821. The Morgan fingerprint density at radius 1 is 0.730 bits per heavy atom. The van der Waals surface area contributed by atoms with E-state index < -0.39 is 0 Å². The number of rotatable bonds is 17. The van der Waals surface area contributed by atoms with Crippen molar-refractivity contribution in [2.75, 3.05) is 0 Å². The third kappa shape index (κ3) is 12.3. The minimum absolute atomic E-state index is 0. The molecule has 0 spiro atoms. The van der Waals surface area contributed by atoms with Gasteiger partial charge in [-0.05, 0) is 86.3 Å². The third-order valence-corrected chi connectivity index (χ3v) is 6.66. The van der Waals surface area contributed by atoms with Gasteiger partial charge in [-0.15, -0.1) is 12.3 Å². The fourth-order valence-corrected chi connectivity index (χ4v) is 4.55. The third-order valence-electron chi connectivity index (χ3n) is 6.66. The number of aliphatic imine (C=N–C) groups is 2. The van der Waals surface area contributed by atoms with Gasteiger partial charge in [0.1, 0.15) is 0 Å². The van der Waals surface area contributed by atoms with Gasteiger partial charge in [-0.2, -0.15) is 0 Å². The number of hydrogen-bond acceptors (Lipinski definition) is 2. The van der Waals surface area contributed by atoms with E-state index in [1.165, 1.54) is 55.2 Å². The first kappa shape index (κ1) is 32.9. The second-order valence-corrected chi connectivity index (χ2v) is 9.83. The number of terminal acetylenes is 1. The van der Waals surface area contributed by atoms with Crippen LogP contribution in [-0.2, 0) is 35.8 Å². The molecule has 0 bridgehead atoms. The van der Waals surface area contributed by atoms with Crippen LogP contribution in [0.25, 0.3) is 0 Å². The molecule has 0 aliphatic carbocycles. The van der Waals surface area contributed by atoms with E-state index in [-0.39, 0.29) is 16.5 Å². The van der Waals surface area contributed by atoms with Crippen LogP contribution in [0.2, 0.25) is 0 Å². The molecular formula is C34H48N2Ni. The van der Waals surface area contributed by atoms with E-state index in [1.807, 2.05) is 0 Å². The number of aryl methyl sites for hydroxylation is 3. The maximum atomic E-state index is 5.55. The molecule has 0 unspecified atom stereocenters. The molecule has 0 saturated heterocycles. The van der Waals surface area contributed by atoms with Crippen LogP contribution in [0.4, 0.5) is 11.4 Å². The number of benzene rings is 2. The maximum absolute atomic E-state index is 5.55. The van der Waals surface area contributed by atoms with Crippen molar-refractivity contribution in [1.82, 2.24) is 0 Å². The smallest absolute Gasteiger partial charge is 0.0666 e. The van der Waals surface area contributed by atoms with Gasteiger partial charge in [0.05, 0.1) is 22.8 Å². The molecule has 204 valence electrons. The maximum Gasteiger partial charge on any atom is 0.0666 e. The minimum atomic E-state index is 0. The molecule has 0 heterocycles. The van der Waals surface area contributed by atoms with Gasteiger partial charge in [-0.25, -0.2) is 0 Å². The molecule has 2 aromatic rings. The van der Waals surface area contributed by atoms with Gasteiger partial charge >= 0.3 is 0 Å². The first-order chi connectivity index (χ1) is 17.6. The predicted molar refractivity (Wildman–Crippen MR) is 161 cm³/mol. The molecule has 3 heteroatoms. The van der Waals surface area contributed by atoms with E-state index in [0.29, 0.717) is 0 Å². The van der Waals surface area contributed by atoms with Crippen LogP contribution in [-0.4, -0.2) is 11.4 Å². The first-order valence-corrected chi connectivity index (χ1v) is 14.4. The molecule has 0 N–H and O–H groups in total. The Bertz CT molecular complexity index is 984. The van der Waals surface area contributed by atoms with Crippen LogP contribution < -0.4 is 0 Å². The fraction of sp³-hybridized carbons (Fsp3) is 0.529. The molecule has 0 radical (unpaired) electrons. The largest absolute Gasteiger partial charge is 0.252 e. The topological polar surface area (TPSA) is 24.7 Å². The second-order valence-electron chi connectivity index (χ2n) is 9.83. The van der Waals surface area contributed by atoms with E-state index in [4.69, 9.17) is 16.4 Å². The average molecular weight is 543 g/mol. The molecule has 0 aromatic heterocycles. The van der Waals surface area contributed by atoms with Gasteiger partial charge in [-0.3, -0.25) is 9.98 Å². The van der Waals surface area contributed by atoms with Crippen molar-refractivity contribution < 1.29 is 16.5 Å². The van der Waals surface area contributed by atoms with Gasteiger partial charge in [0.2, 0.25) is 0 Å². The average Bonchev–Trinajstić information content (AvgIpc) is 2.89. The fourth-order valence-electron chi connectivity index (χ4n) is 4.55. The van der Waals surface area contributed by atoms with Gasteiger partial charge in [0, 0.05) is 22.9 Å². The summed E-state index contributed by atoms with van der Waals surface area (Å²) in [6.45, 7) is 8.99. The van der Waals surface area contributed by atoms with Gasteiger partial charge < -0.3 is 0 Å². The van der Waals surface area contributed by atoms with Crippen molar-refractivity contribution in [3.05, 3.63) is 59.2 Å². The van der Waals surface area contributed by atoms with Crippen LogP contribution in [0.5, 0.6) is 0 Å². The number of nitrogens with zero attached hydrogens (tertiary/aromatic N) is 2. The second kappa shape index (κ2) is 19.9. The zero-order valence-electron chi connectivity index (χ0n) is 23.7. The molecule has 37 heavy (non-hydrogen) atoms. The van der Waals surface area contributed by atoms with E-state index in [0.717, 1.165) is 74.2 Å². The molecule has 0 aliphatic heterocycles. The van der Waals surface area contributed by atoms with Crippen molar-refractivity contribution >= 4 is 22.8 Å². The number of hydrogen-bond donors (Lipinski definition) is 0. The van der Waals surface area contributed by atoms with Crippen LogP contribution in [0, 0.1) is 12.3 Å². The summed E-state index contributed by atoms with van der Waals surface area (Å²) in [6.07, 6.45) is 21.1. The van der Waals surface area contributed by atoms with Crippen LogP contribution in [0.1, 0.15) is 115 Å². The number of unbranched alkanes of at least 4 members (excludes halogenated alkanes) is 5. The molecule has 0 aliphatic rings. The minimum Gasteiger partial charge on any atom is -0.252 e. The summed E-state index contributed by atoms with van der Waals surface area (Å²) in [5.41, 5.74) is 8.44. The molecule has 0 fully saturated rings. The number of para-hydroxylation sites is 1. The van der Waals surface area contributed by atoms with E-state index in [9.17, 15) is 0 Å². The molecule has 0 amide bonds. The van der Waals surface area contributed by atoms with Gasteiger partial charge in [-0.1, -0.05) is 84.1 Å². The Morgan fingerprint density at radius 2 is 1.35 bits per heavy atom. The summed E-state index contributed by atoms with van der Waals surface area (Å²) in [5, 5.41) is 0. The summed E-state index contributed by atoms with van der Waals surface area (Å²) in [4.78, 5) is 10.4. The summed E-state index contributed by atoms with van der Waals surface area (Å²) in [5.74, 6) is 2.77. The SMILES string of the molecule is C#CCCc1ccccc1/N=C(CCCC)/C(CC)=N/c1cc(CCCCC)cc(CCCCC)c1.[Ni]. The normalized spacial score (nSPS) is 11.8.